The zero-order valence-corrected chi connectivity index (χ0v) is 23.2. The smallest absolute Gasteiger partial charge is 0.335 e. The summed E-state index contributed by atoms with van der Waals surface area (Å²) in [4.78, 5) is 39.3. The van der Waals surface area contributed by atoms with Crippen LogP contribution < -0.4 is 24.4 Å². The molecule has 0 saturated carbocycles. The molecule has 3 aromatic carbocycles. The number of amides is 4. The molecule has 1 aliphatic heterocycles. The zero-order valence-electron chi connectivity index (χ0n) is 20.9. The van der Waals surface area contributed by atoms with E-state index in [9.17, 15) is 14.4 Å². The monoisotopic (exact) mass is 588 g/mol. The van der Waals surface area contributed by atoms with Crippen molar-refractivity contribution in [2.45, 2.75) is 20.0 Å². The van der Waals surface area contributed by atoms with Crippen LogP contribution in [0.25, 0.3) is 6.08 Å². The van der Waals surface area contributed by atoms with Gasteiger partial charge in [-0.3, -0.25) is 14.9 Å². The first-order valence-corrected chi connectivity index (χ1v) is 12.9. The van der Waals surface area contributed by atoms with Crippen LogP contribution in [-0.2, 0) is 16.2 Å². The number of anilines is 1. The number of carbonyl (C=O) groups excluding carboxylic acids is 3. The molecule has 1 N–H and O–H groups in total. The number of rotatable bonds is 9. The molecule has 0 spiro atoms. The van der Waals surface area contributed by atoms with Crippen molar-refractivity contribution < 1.29 is 28.6 Å². The van der Waals surface area contributed by atoms with Gasteiger partial charge in [0.05, 0.1) is 24.4 Å². The molecule has 1 fully saturated rings. The molecule has 39 heavy (non-hydrogen) atoms. The maximum absolute atomic E-state index is 13.3. The lowest BCUT2D eigenvalue weighted by atomic mass is 10.1. The lowest BCUT2D eigenvalue weighted by Gasteiger charge is -2.26. The van der Waals surface area contributed by atoms with Crippen LogP contribution in [0, 0.1) is 0 Å². The molecule has 0 atom stereocenters. The molecule has 4 rings (SSSR count). The van der Waals surface area contributed by atoms with Crippen molar-refractivity contribution in [1.82, 2.24) is 5.32 Å². The van der Waals surface area contributed by atoms with Crippen LogP contribution in [0.15, 0.2) is 60.2 Å². The molecule has 0 unspecified atom stereocenters. The van der Waals surface area contributed by atoms with Crippen molar-refractivity contribution in [2.24, 2.45) is 0 Å². The van der Waals surface area contributed by atoms with Crippen LogP contribution in [0.1, 0.15) is 24.5 Å². The number of carbonyl (C=O) groups is 3. The fourth-order valence-corrected chi connectivity index (χ4v) is 4.46. The summed E-state index contributed by atoms with van der Waals surface area (Å²) in [7, 11) is 1.43. The summed E-state index contributed by atoms with van der Waals surface area (Å²) in [5, 5.41) is 3.30. The van der Waals surface area contributed by atoms with Crippen molar-refractivity contribution in [3.05, 3.63) is 86.4 Å². The Kier molecular flexibility index (Phi) is 9.01. The fourth-order valence-electron chi connectivity index (χ4n) is 3.72. The number of imide groups is 2. The maximum atomic E-state index is 13.3. The van der Waals surface area contributed by atoms with Gasteiger partial charge in [0, 0.05) is 15.6 Å². The highest BCUT2D eigenvalue weighted by Gasteiger charge is 2.37. The molecule has 1 saturated heterocycles. The van der Waals surface area contributed by atoms with Crippen LogP contribution in [0.2, 0.25) is 15.1 Å². The molecular weight excluding hydrogens is 567 g/mol. The van der Waals surface area contributed by atoms with E-state index in [-0.39, 0.29) is 34.4 Å². The van der Waals surface area contributed by atoms with Crippen molar-refractivity contribution in [3.8, 4) is 17.2 Å². The van der Waals surface area contributed by atoms with Crippen molar-refractivity contribution >= 4 is 64.4 Å². The second-order valence-corrected chi connectivity index (χ2v) is 9.61. The van der Waals surface area contributed by atoms with Gasteiger partial charge >= 0.3 is 6.03 Å². The summed E-state index contributed by atoms with van der Waals surface area (Å²) in [5.74, 6) is -0.525. The summed E-state index contributed by atoms with van der Waals surface area (Å²) in [6, 6.07) is 13.7. The first-order valence-electron chi connectivity index (χ1n) is 11.8. The third kappa shape index (κ3) is 6.47. The first-order chi connectivity index (χ1) is 18.7. The number of ether oxygens (including phenoxy) is 3. The highest BCUT2D eigenvalue weighted by Crippen LogP contribution is 2.38. The lowest BCUT2D eigenvalue weighted by Crippen LogP contribution is -2.54. The van der Waals surface area contributed by atoms with E-state index in [1.54, 1.807) is 48.5 Å². The van der Waals surface area contributed by atoms with E-state index in [1.807, 2.05) is 6.92 Å². The van der Waals surface area contributed by atoms with Gasteiger partial charge in [0.2, 0.25) is 0 Å². The van der Waals surface area contributed by atoms with Crippen LogP contribution in [0.5, 0.6) is 17.2 Å². The summed E-state index contributed by atoms with van der Waals surface area (Å²) in [6.45, 7) is 2.61. The van der Waals surface area contributed by atoms with Crippen LogP contribution in [0.3, 0.4) is 0 Å². The van der Waals surface area contributed by atoms with E-state index >= 15 is 0 Å². The maximum Gasteiger partial charge on any atom is 0.335 e. The molecule has 8 nitrogen and oxygen atoms in total. The van der Waals surface area contributed by atoms with E-state index in [2.05, 4.69) is 5.32 Å². The van der Waals surface area contributed by atoms with Gasteiger partial charge in [-0.2, -0.15) is 0 Å². The highest BCUT2D eigenvalue weighted by molar-refractivity contribution is 6.39. The van der Waals surface area contributed by atoms with Gasteiger partial charge < -0.3 is 14.2 Å². The Morgan fingerprint density at radius 2 is 1.67 bits per heavy atom. The molecule has 0 radical (unpaired) electrons. The Balaban J connectivity index is 1.60. The molecule has 0 aromatic heterocycles. The largest absolute Gasteiger partial charge is 0.494 e. The molecule has 1 aliphatic rings. The van der Waals surface area contributed by atoms with Crippen LogP contribution in [-0.4, -0.2) is 31.6 Å². The molecule has 0 aliphatic carbocycles. The average Bonchev–Trinajstić information content (AvgIpc) is 2.90. The predicted octanol–water partition coefficient (Wildman–Crippen LogP) is 6.69. The Hall–Kier alpha value is -3.72. The molecule has 11 heteroatoms. The van der Waals surface area contributed by atoms with E-state index in [1.165, 1.54) is 19.3 Å². The second kappa shape index (κ2) is 12.4. The van der Waals surface area contributed by atoms with Crippen molar-refractivity contribution in [1.29, 1.82) is 0 Å². The number of methoxy groups -OCH3 is 1. The van der Waals surface area contributed by atoms with E-state index in [0.29, 0.717) is 33.5 Å². The van der Waals surface area contributed by atoms with Gasteiger partial charge in [0.25, 0.3) is 11.8 Å². The number of nitrogens with one attached hydrogen (secondary N) is 1. The number of nitrogens with zero attached hydrogens (tertiary/aromatic N) is 1. The number of benzene rings is 3. The van der Waals surface area contributed by atoms with E-state index in [0.717, 1.165) is 11.3 Å². The molecular formula is C28H23Cl3N2O6. The lowest BCUT2D eigenvalue weighted by molar-refractivity contribution is -0.122. The minimum absolute atomic E-state index is 0.0900. The predicted molar refractivity (Wildman–Crippen MR) is 150 cm³/mol. The second-order valence-electron chi connectivity index (χ2n) is 8.36. The fraction of sp³-hybridized carbons (Fsp3) is 0.179. The Bertz CT molecular complexity index is 1460. The SMILES string of the molecule is CCCOc1ccc(N2C(=O)NC(=O)/C(=C/c3cc(Cl)c(OCc4ccc(Cl)cc4Cl)c(OC)c3)C2=O)cc1. The van der Waals surface area contributed by atoms with E-state index < -0.39 is 17.8 Å². The summed E-state index contributed by atoms with van der Waals surface area (Å²) < 4.78 is 16.8. The minimum atomic E-state index is -0.857. The van der Waals surface area contributed by atoms with Gasteiger partial charge in [-0.1, -0.05) is 47.8 Å². The number of hydrogen-bond donors (Lipinski definition) is 1. The molecule has 202 valence electrons. The first kappa shape index (κ1) is 28.3. The molecule has 4 amide bonds. The zero-order chi connectivity index (χ0) is 28.1. The van der Waals surface area contributed by atoms with Gasteiger partial charge in [-0.25, -0.2) is 9.69 Å². The van der Waals surface area contributed by atoms with E-state index in [4.69, 9.17) is 49.0 Å². The third-order valence-corrected chi connectivity index (χ3v) is 6.49. The van der Waals surface area contributed by atoms with Gasteiger partial charge in [-0.15, -0.1) is 0 Å². The highest BCUT2D eigenvalue weighted by atomic mass is 35.5. The Morgan fingerprint density at radius 1 is 0.923 bits per heavy atom. The molecule has 3 aromatic rings. The van der Waals surface area contributed by atoms with Crippen molar-refractivity contribution in [3.63, 3.8) is 0 Å². The summed E-state index contributed by atoms with van der Waals surface area (Å²) in [6.07, 6.45) is 2.16. The van der Waals surface area contributed by atoms with Gasteiger partial charge in [0.15, 0.2) is 11.5 Å². The average molecular weight is 590 g/mol. The number of hydrogen-bond acceptors (Lipinski definition) is 6. The molecule has 1 heterocycles. The quantitative estimate of drug-likeness (QED) is 0.221. The number of urea groups is 1. The topological polar surface area (TPSA) is 94.2 Å². The minimum Gasteiger partial charge on any atom is -0.494 e. The Morgan fingerprint density at radius 3 is 2.33 bits per heavy atom. The van der Waals surface area contributed by atoms with Crippen LogP contribution in [0.4, 0.5) is 10.5 Å². The molecule has 0 bridgehead atoms. The van der Waals surface area contributed by atoms with Gasteiger partial charge in [0.1, 0.15) is 17.9 Å². The standard InChI is InChI=1S/C28H23Cl3N2O6/c1-3-10-38-20-8-6-19(7-9-20)33-27(35)21(26(34)32-28(33)36)11-16-12-23(31)25(24(13-16)37-2)39-15-17-4-5-18(29)14-22(17)30/h4-9,11-14H,3,10,15H2,1-2H3,(H,32,34,36)/b21-11-. The normalized spacial score (nSPS) is 14.4. The Labute approximate surface area is 240 Å². The third-order valence-electron chi connectivity index (χ3n) is 5.62. The van der Waals surface area contributed by atoms with Gasteiger partial charge in [-0.05, 0) is 66.6 Å². The summed E-state index contributed by atoms with van der Waals surface area (Å²) in [5.41, 5.74) is 1.08. The number of halogens is 3. The van der Waals surface area contributed by atoms with Crippen LogP contribution >= 0.6 is 34.8 Å². The number of barbiturate groups is 1. The van der Waals surface area contributed by atoms with Crippen molar-refractivity contribution in [2.75, 3.05) is 18.6 Å². The summed E-state index contributed by atoms with van der Waals surface area (Å²) >= 11 is 18.7.